The molecule has 0 amide bonds. The van der Waals surface area contributed by atoms with Crippen molar-refractivity contribution in [2.45, 2.75) is 0 Å². The SMILES string of the molecule is COC(=O)c1cc(-c2ccc(NC=C(C#N)C#N)cc2)nc2ccccc12. The van der Waals surface area contributed by atoms with Gasteiger partial charge in [-0.25, -0.2) is 9.78 Å². The normalized spacial score (nSPS) is 9.74. The molecular formula is C21H14N4O2. The first-order valence-electron chi connectivity index (χ1n) is 8.01. The van der Waals surface area contributed by atoms with Crippen molar-refractivity contribution in [3.63, 3.8) is 0 Å². The van der Waals surface area contributed by atoms with Gasteiger partial charge in [-0.2, -0.15) is 10.5 Å². The lowest BCUT2D eigenvalue weighted by Gasteiger charge is -2.09. The summed E-state index contributed by atoms with van der Waals surface area (Å²) < 4.78 is 4.89. The number of pyridine rings is 1. The molecular weight excluding hydrogens is 340 g/mol. The van der Waals surface area contributed by atoms with Crippen molar-refractivity contribution < 1.29 is 9.53 Å². The first-order chi connectivity index (χ1) is 13.2. The van der Waals surface area contributed by atoms with E-state index in [4.69, 9.17) is 15.3 Å². The van der Waals surface area contributed by atoms with E-state index in [1.54, 1.807) is 30.3 Å². The number of para-hydroxylation sites is 1. The molecule has 1 heterocycles. The average Bonchev–Trinajstić information content (AvgIpc) is 2.73. The molecule has 130 valence electrons. The maximum atomic E-state index is 12.2. The second kappa shape index (κ2) is 7.81. The van der Waals surface area contributed by atoms with Crippen LogP contribution in [0.25, 0.3) is 22.2 Å². The molecule has 0 atom stereocenters. The second-order valence-electron chi connectivity index (χ2n) is 5.57. The quantitative estimate of drug-likeness (QED) is 0.561. The molecule has 3 rings (SSSR count). The van der Waals surface area contributed by atoms with Gasteiger partial charge in [-0.1, -0.05) is 30.3 Å². The highest BCUT2D eigenvalue weighted by atomic mass is 16.5. The molecule has 0 aliphatic heterocycles. The largest absolute Gasteiger partial charge is 0.465 e. The van der Waals surface area contributed by atoms with E-state index in [9.17, 15) is 4.79 Å². The third-order valence-corrected chi connectivity index (χ3v) is 3.93. The maximum Gasteiger partial charge on any atom is 0.338 e. The lowest BCUT2D eigenvalue weighted by Crippen LogP contribution is -2.03. The zero-order valence-electron chi connectivity index (χ0n) is 14.4. The molecule has 0 spiro atoms. The van der Waals surface area contributed by atoms with Gasteiger partial charge in [-0.3, -0.25) is 0 Å². The van der Waals surface area contributed by atoms with Gasteiger partial charge in [-0.05, 0) is 24.3 Å². The maximum absolute atomic E-state index is 12.2. The number of hydrogen-bond donors (Lipinski definition) is 1. The predicted octanol–water partition coefficient (Wildman–Crippen LogP) is 4.03. The molecule has 0 radical (unpaired) electrons. The summed E-state index contributed by atoms with van der Waals surface area (Å²) >= 11 is 0. The number of benzene rings is 2. The molecule has 0 bridgehead atoms. The first-order valence-corrected chi connectivity index (χ1v) is 8.01. The lowest BCUT2D eigenvalue weighted by molar-refractivity contribution is 0.0603. The van der Waals surface area contributed by atoms with Crippen LogP contribution in [0.15, 0.2) is 66.4 Å². The summed E-state index contributed by atoms with van der Waals surface area (Å²) in [4.78, 5) is 16.8. The number of aromatic nitrogens is 1. The molecule has 0 fully saturated rings. The molecule has 1 aromatic heterocycles. The molecule has 3 aromatic rings. The predicted molar refractivity (Wildman–Crippen MR) is 101 cm³/mol. The second-order valence-corrected chi connectivity index (χ2v) is 5.57. The fourth-order valence-electron chi connectivity index (χ4n) is 2.58. The number of carbonyl (C=O) groups excluding carboxylic acids is 1. The number of allylic oxidation sites excluding steroid dienone is 1. The molecule has 6 nitrogen and oxygen atoms in total. The van der Waals surface area contributed by atoms with Crippen molar-refractivity contribution >= 4 is 22.6 Å². The number of methoxy groups -OCH3 is 1. The minimum absolute atomic E-state index is 0.0157. The number of fused-ring (bicyclic) bond motifs is 1. The zero-order chi connectivity index (χ0) is 19.2. The number of nitriles is 2. The fourth-order valence-corrected chi connectivity index (χ4v) is 2.58. The summed E-state index contributed by atoms with van der Waals surface area (Å²) in [5, 5.41) is 21.1. The summed E-state index contributed by atoms with van der Waals surface area (Å²) in [7, 11) is 1.35. The number of ether oxygens (including phenoxy) is 1. The molecule has 0 saturated heterocycles. The third kappa shape index (κ3) is 3.76. The fraction of sp³-hybridized carbons (Fsp3) is 0.0476. The van der Waals surface area contributed by atoms with Crippen LogP contribution in [-0.4, -0.2) is 18.1 Å². The number of hydrogen-bond acceptors (Lipinski definition) is 6. The van der Waals surface area contributed by atoms with Gasteiger partial charge in [0, 0.05) is 22.8 Å². The van der Waals surface area contributed by atoms with E-state index >= 15 is 0 Å². The van der Waals surface area contributed by atoms with Crippen LogP contribution in [0.4, 0.5) is 5.69 Å². The molecule has 1 N–H and O–H groups in total. The molecule has 2 aromatic carbocycles. The van der Waals surface area contributed by atoms with E-state index in [0.717, 1.165) is 16.6 Å². The van der Waals surface area contributed by atoms with Gasteiger partial charge in [0.1, 0.15) is 17.7 Å². The van der Waals surface area contributed by atoms with Crippen molar-refractivity contribution in [2.24, 2.45) is 0 Å². The number of rotatable bonds is 4. The van der Waals surface area contributed by atoms with Crippen molar-refractivity contribution in [1.82, 2.24) is 4.98 Å². The van der Waals surface area contributed by atoms with Crippen LogP contribution in [-0.2, 0) is 4.74 Å². The third-order valence-electron chi connectivity index (χ3n) is 3.93. The van der Waals surface area contributed by atoms with E-state index in [0.29, 0.717) is 16.8 Å². The highest BCUT2D eigenvalue weighted by Gasteiger charge is 2.14. The Morgan fingerprint density at radius 3 is 2.48 bits per heavy atom. The Morgan fingerprint density at radius 1 is 1.11 bits per heavy atom. The number of anilines is 1. The van der Waals surface area contributed by atoms with Gasteiger partial charge in [0.05, 0.1) is 23.9 Å². The van der Waals surface area contributed by atoms with Crippen LogP contribution in [0, 0.1) is 22.7 Å². The standard InChI is InChI=1S/C21H14N4O2/c1-27-21(26)18-10-20(25-19-5-3-2-4-17(18)19)15-6-8-16(9-7-15)24-13-14(11-22)12-23/h2-10,13,24H,1H3. The van der Waals surface area contributed by atoms with E-state index in [1.165, 1.54) is 13.3 Å². The molecule has 0 aliphatic carbocycles. The monoisotopic (exact) mass is 354 g/mol. The smallest absolute Gasteiger partial charge is 0.338 e. The Balaban J connectivity index is 1.98. The molecule has 0 aliphatic rings. The van der Waals surface area contributed by atoms with E-state index in [1.807, 2.05) is 36.4 Å². The zero-order valence-corrected chi connectivity index (χ0v) is 14.4. The van der Waals surface area contributed by atoms with Crippen molar-refractivity contribution in [2.75, 3.05) is 12.4 Å². The summed E-state index contributed by atoms with van der Waals surface area (Å²) in [6.45, 7) is 0. The Labute approximate surface area is 155 Å². The number of esters is 1. The highest BCUT2D eigenvalue weighted by Crippen LogP contribution is 2.26. The van der Waals surface area contributed by atoms with Crippen LogP contribution in [0.1, 0.15) is 10.4 Å². The Bertz CT molecular complexity index is 1100. The molecule has 6 heteroatoms. The van der Waals surface area contributed by atoms with E-state index < -0.39 is 5.97 Å². The highest BCUT2D eigenvalue weighted by molar-refractivity contribution is 6.04. The van der Waals surface area contributed by atoms with Gasteiger partial charge < -0.3 is 10.1 Å². The summed E-state index contributed by atoms with van der Waals surface area (Å²) in [6, 6.07) is 19.9. The number of carbonyl (C=O) groups is 1. The lowest BCUT2D eigenvalue weighted by atomic mass is 10.0. The topological polar surface area (TPSA) is 98.8 Å². The van der Waals surface area contributed by atoms with Gasteiger partial charge in [0.25, 0.3) is 0 Å². The van der Waals surface area contributed by atoms with Crippen LogP contribution < -0.4 is 5.32 Å². The Morgan fingerprint density at radius 2 is 1.81 bits per heavy atom. The van der Waals surface area contributed by atoms with Gasteiger partial charge in [0.2, 0.25) is 0 Å². The Kier molecular flexibility index (Phi) is 5.11. The minimum Gasteiger partial charge on any atom is -0.465 e. The van der Waals surface area contributed by atoms with E-state index in [2.05, 4.69) is 10.3 Å². The van der Waals surface area contributed by atoms with E-state index in [-0.39, 0.29) is 5.57 Å². The minimum atomic E-state index is -0.418. The number of nitrogens with zero attached hydrogens (tertiary/aromatic N) is 3. The number of nitrogens with one attached hydrogen (secondary N) is 1. The molecule has 0 saturated carbocycles. The first kappa shape index (κ1) is 17.7. The molecule has 27 heavy (non-hydrogen) atoms. The van der Waals surface area contributed by atoms with Gasteiger partial charge >= 0.3 is 5.97 Å². The van der Waals surface area contributed by atoms with Crippen LogP contribution >= 0.6 is 0 Å². The molecule has 0 unspecified atom stereocenters. The van der Waals surface area contributed by atoms with Gasteiger partial charge in [-0.15, -0.1) is 0 Å². The summed E-state index contributed by atoms with van der Waals surface area (Å²) in [5.41, 5.74) is 3.32. The van der Waals surface area contributed by atoms with Crippen molar-refractivity contribution in [3.05, 3.63) is 71.9 Å². The van der Waals surface area contributed by atoms with Crippen molar-refractivity contribution in [1.29, 1.82) is 10.5 Å². The van der Waals surface area contributed by atoms with Crippen LogP contribution in [0.2, 0.25) is 0 Å². The van der Waals surface area contributed by atoms with Crippen molar-refractivity contribution in [3.8, 4) is 23.4 Å². The summed E-state index contributed by atoms with van der Waals surface area (Å²) in [5.74, 6) is -0.418. The van der Waals surface area contributed by atoms with Crippen LogP contribution in [0.5, 0.6) is 0 Å². The van der Waals surface area contributed by atoms with Crippen LogP contribution in [0.3, 0.4) is 0 Å². The Hall–Kier alpha value is -4.16. The average molecular weight is 354 g/mol. The van der Waals surface area contributed by atoms with Gasteiger partial charge in [0.15, 0.2) is 0 Å². The summed E-state index contributed by atoms with van der Waals surface area (Å²) in [6.07, 6.45) is 1.35.